The molecule has 0 aliphatic carbocycles. The first kappa shape index (κ1) is 15.7. The number of anilines is 2. The number of aromatic nitrogens is 3. The molecule has 1 saturated heterocycles. The van der Waals surface area contributed by atoms with Crippen LogP contribution in [0.5, 0.6) is 6.01 Å². The van der Waals surface area contributed by atoms with Crippen molar-refractivity contribution in [1.29, 1.82) is 0 Å². The summed E-state index contributed by atoms with van der Waals surface area (Å²) in [7, 11) is 1.54. The van der Waals surface area contributed by atoms with Crippen LogP contribution in [0.1, 0.15) is 11.6 Å². The first-order valence-electron chi connectivity index (χ1n) is 8.19. The maximum Gasteiger partial charge on any atom is 0.322 e. The highest BCUT2D eigenvalue weighted by Gasteiger charge is 2.29. The van der Waals surface area contributed by atoms with Gasteiger partial charge in [0, 0.05) is 13.1 Å². The molecular weight excluding hydrogens is 322 g/mol. The Morgan fingerprint density at radius 3 is 2.56 bits per heavy atom. The molecule has 2 aliphatic rings. The molecule has 2 aromatic rings. The van der Waals surface area contributed by atoms with Crippen molar-refractivity contribution < 1.29 is 9.47 Å². The summed E-state index contributed by atoms with van der Waals surface area (Å²) in [5.74, 6) is 1.00. The lowest BCUT2D eigenvalue weighted by molar-refractivity contribution is 0.122. The Hall–Kier alpha value is -2.81. The van der Waals surface area contributed by atoms with E-state index in [0.29, 0.717) is 31.7 Å². The predicted octanol–water partition coefficient (Wildman–Crippen LogP) is 1.65. The van der Waals surface area contributed by atoms with Gasteiger partial charge in [0.25, 0.3) is 5.95 Å². The smallest absolute Gasteiger partial charge is 0.322 e. The van der Waals surface area contributed by atoms with Crippen LogP contribution < -0.4 is 14.6 Å². The van der Waals surface area contributed by atoms with Gasteiger partial charge in [-0.3, -0.25) is 0 Å². The average molecular weight is 341 g/mol. The summed E-state index contributed by atoms with van der Waals surface area (Å²) in [4.78, 5) is 15.4. The molecule has 25 heavy (non-hydrogen) atoms. The number of nitrogens with zero attached hydrogens (tertiary/aromatic N) is 7. The van der Waals surface area contributed by atoms with Gasteiger partial charge in [-0.2, -0.15) is 20.1 Å². The number of benzene rings is 1. The lowest BCUT2D eigenvalue weighted by Crippen LogP contribution is -2.37. The Morgan fingerprint density at radius 2 is 1.80 bits per heavy atom. The topological polar surface area (TPSA) is 88.3 Å². The summed E-state index contributed by atoms with van der Waals surface area (Å²) in [5, 5.41) is 10.1. The molecule has 1 fully saturated rings. The van der Waals surface area contributed by atoms with Crippen LogP contribution in [-0.4, -0.2) is 54.9 Å². The number of morpholine rings is 1. The Labute approximate surface area is 145 Å². The molecule has 2 aliphatic heterocycles. The average Bonchev–Trinajstić information content (AvgIpc) is 3.19. The summed E-state index contributed by atoms with van der Waals surface area (Å²) in [6.45, 7) is 3.33. The lowest BCUT2D eigenvalue weighted by atomic mass is 10.1. The Balaban J connectivity index is 1.67. The maximum absolute atomic E-state index is 5.39. The largest absolute Gasteiger partial charge is 0.467 e. The Bertz CT molecular complexity index is 749. The molecule has 1 atom stereocenters. The van der Waals surface area contributed by atoms with Gasteiger partial charge in [-0.15, -0.1) is 0 Å². The molecule has 0 bridgehead atoms. The second-order valence-electron chi connectivity index (χ2n) is 5.71. The quantitative estimate of drug-likeness (QED) is 0.835. The molecular formula is C16H19N7O2. The van der Waals surface area contributed by atoms with Crippen molar-refractivity contribution in [2.24, 2.45) is 10.3 Å². The molecule has 130 valence electrons. The SMILES string of the molecule is COc1nc(N2CCOCC2)nc(N2N=NCC2c2ccccc2)n1. The van der Waals surface area contributed by atoms with Gasteiger partial charge in [-0.25, -0.2) is 5.01 Å². The van der Waals surface area contributed by atoms with E-state index in [1.165, 1.54) is 0 Å². The summed E-state index contributed by atoms with van der Waals surface area (Å²) in [5.41, 5.74) is 1.11. The molecule has 0 radical (unpaired) electrons. The van der Waals surface area contributed by atoms with Crippen molar-refractivity contribution in [2.75, 3.05) is 49.9 Å². The lowest BCUT2D eigenvalue weighted by Gasteiger charge is -2.27. The summed E-state index contributed by atoms with van der Waals surface area (Å²) in [6, 6.07) is 10.3. The van der Waals surface area contributed by atoms with Gasteiger partial charge in [0.1, 0.15) is 6.04 Å². The monoisotopic (exact) mass is 341 g/mol. The standard InChI is InChI=1S/C16H19N7O2/c1-24-16-19-14(22-7-9-25-10-8-22)18-15(20-16)23-13(11-17-21-23)12-5-3-2-4-6-12/h2-6,13H,7-11H2,1H3. The van der Waals surface area contributed by atoms with Gasteiger partial charge in [-0.1, -0.05) is 35.6 Å². The summed E-state index contributed by atoms with van der Waals surface area (Å²) >= 11 is 0. The fourth-order valence-electron chi connectivity index (χ4n) is 2.86. The van der Waals surface area contributed by atoms with Crippen LogP contribution >= 0.6 is 0 Å². The fraction of sp³-hybridized carbons (Fsp3) is 0.438. The molecule has 9 nitrogen and oxygen atoms in total. The van der Waals surface area contributed by atoms with E-state index in [-0.39, 0.29) is 12.1 Å². The van der Waals surface area contributed by atoms with Crippen molar-refractivity contribution in [3.8, 4) is 6.01 Å². The van der Waals surface area contributed by atoms with Crippen molar-refractivity contribution >= 4 is 11.9 Å². The zero-order valence-corrected chi connectivity index (χ0v) is 13.9. The summed E-state index contributed by atoms with van der Waals surface area (Å²) < 4.78 is 10.7. The molecule has 1 unspecified atom stereocenters. The molecule has 4 rings (SSSR count). The van der Waals surface area contributed by atoms with E-state index in [9.17, 15) is 0 Å². The number of methoxy groups -OCH3 is 1. The van der Waals surface area contributed by atoms with Crippen LogP contribution in [0.3, 0.4) is 0 Å². The van der Waals surface area contributed by atoms with Crippen LogP contribution in [0, 0.1) is 0 Å². The second kappa shape index (κ2) is 6.98. The highest BCUT2D eigenvalue weighted by atomic mass is 16.5. The fourth-order valence-corrected chi connectivity index (χ4v) is 2.86. The molecule has 1 aromatic carbocycles. The number of rotatable bonds is 4. The normalized spacial score (nSPS) is 20.1. The first-order chi connectivity index (χ1) is 12.3. The van der Waals surface area contributed by atoms with Crippen LogP contribution in [0.2, 0.25) is 0 Å². The highest BCUT2D eigenvalue weighted by Crippen LogP contribution is 2.31. The summed E-state index contributed by atoms with van der Waals surface area (Å²) in [6.07, 6.45) is 0. The number of hydrogen-bond donors (Lipinski definition) is 0. The number of hydrogen-bond acceptors (Lipinski definition) is 9. The zero-order chi connectivity index (χ0) is 17.1. The van der Waals surface area contributed by atoms with E-state index in [1.54, 1.807) is 12.1 Å². The van der Waals surface area contributed by atoms with E-state index >= 15 is 0 Å². The minimum absolute atomic E-state index is 0.0363. The molecule has 9 heteroatoms. The third kappa shape index (κ3) is 3.22. The van der Waals surface area contributed by atoms with Gasteiger partial charge >= 0.3 is 6.01 Å². The van der Waals surface area contributed by atoms with Crippen molar-refractivity contribution in [3.63, 3.8) is 0 Å². The van der Waals surface area contributed by atoms with E-state index in [1.807, 2.05) is 18.2 Å². The van der Waals surface area contributed by atoms with Crippen LogP contribution in [0.15, 0.2) is 40.7 Å². The van der Waals surface area contributed by atoms with Crippen LogP contribution in [0.4, 0.5) is 11.9 Å². The van der Waals surface area contributed by atoms with E-state index in [2.05, 4.69) is 42.3 Å². The van der Waals surface area contributed by atoms with Crippen molar-refractivity contribution in [3.05, 3.63) is 35.9 Å². The van der Waals surface area contributed by atoms with Crippen molar-refractivity contribution in [1.82, 2.24) is 15.0 Å². The van der Waals surface area contributed by atoms with Gasteiger partial charge in [-0.05, 0) is 5.56 Å². The van der Waals surface area contributed by atoms with Gasteiger partial charge < -0.3 is 14.4 Å². The minimum atomic E-state index is -0.0363. The van der Waals surface area contributed by atoms with E-state index in [4.69, 9.17) is 9.47 Å². The number of ether oxygens (including phenoxy) is 2. The second-order valence-corrected chi connectivity index (χ2v) is 5.71. The van der Waals surface area contributed by atoms with Gasteiger partial charge in [0.2, 0.25) is 5.95 Å². The van der Waals surface area contributed by atoms with Crippen LogP contribution in [-0.2, 0) is 4.74 Å². The molecule has 0 amide bonds. The van der Waals surface area contributed by atoms with E-state index < -0.39 is 0 Å². The Morgan fingerprint density at radius 1 is 1.04 bits per heavy atom. The maximum atomic E-state index is 5.39. The third-order valence-corrected chi connectivity index (χ3v) is 4.17. The molecule has 1 aromatic heterocycles. The predicted molar refractivity (Wildman–Crippen MR) is 90.8 cm³/mol. The minimum Gasteiger partial charge on any atom is -0.467 e. The first-order valence-corrected chi connectivity index (χ1v) is 8.19. The highest BCUT2D eigenvalue weighted by molar-refractivity contribution is 5.43. The van der Waals surface area contributed by atoms with E-state index in [0.717, 1.165) is 18.7 Å². The molecule has 0 spiro atoms. The third-order valence-electron chi connectivity index (χ3n) is 4.17. The Kier molecular flexibility index (Phi) is 4.38. The van der Waals surface area contributed by atoms with Crippen molar-refractivity contribution in [2.45, 2.75) is 6.04 Å². The van der Waals surface area contributed by atoms with Gasteiger partial charge in [0.15, 0.2) is 0 Å². The molecule has 0 saturated carbocycles. The zero-order valence-electron chi connectivity index (χ0n) is 13.9. The van der Waals surface area contributed by atoms with Gasteiger partial charge in [0.05, 0.1) is 26.9 Å². The molecule has 0 N–H and O–H groups in total. The van der Waals surface area contributed by atoms with Crippen LogP contribution in [0.25, 0.3) is 0 Å². The molecule has 3 heterocycles.